The van der Waals surface area contributed by atoms with Crippen LogP contribution >= 0.6 is 0 Å². The molecule has 0 radical (unpaired) electrons. The number of carbonyl (C=O) groups is 1. The van der Waals surface area contributed by atoms with Gasteiger partial charge in [0.25, 0.3) is 5.91 Å². The predicted molar refractivity (Wildman–Crippen MR) is 96.0 cm³/mol. The van der Waals surface area contributed by atoms with Gasteiger partial charge in [0.15, 0.2) is 0 Å². The molecular formula is C19H21FN4O. The van der Waals surface area contributed by atoms with Gasteiger partial charge in [0.2, 0.25) is 5.95 Å². The summed E-state index contributed by atoms with van der Waals surface area (Å²) in [7, 11) is 0. The number of allylic oxidation sites excluding steroid dienone is 1. The summed E-state index contributed by atoms with van der Waals surface area (Å²) in [5, 5.41) is 5.79. The number of nitrogens with zero attached hydrogens (tertiary/aromatic N) is 2. The SMILES string of the molecule is O=C(Nc1cccc(F)c1)c1cnc(NCCC2=CCCCC2)nc1. The van der Waals surface area contributed by atoms with E-state index in [0.717, 1.165) is 13.0 Å². The minimum absolute atomic E-state index is 0.324. The molecule has 2 N–H and O–H groups in total. The van der Waals surface area contributed by atoms with Crippen LogP contribution in [0.25, 0.3) is 0 Å². The Balaban J connectivity index is 1.51. The normalized spacial score (nSPS) is 13.9. The zero-order valence-electron chi connectivity index (χ0n) is 14.0. The molecule has 1 amide bonds. The van der Waals surface area contributed by atoms with E-state index in [-0.39, 0.29) is 5.91 Å². The Morgan fingerprint density at radius 3 is 2.76 bits per heavy atom. The summed E-state index contributed by atoms with van der Waals surface area (Å²) >= 11 is 0. The van der Waals surface area contributed by atoms with Crippen LogP contribution in [-0.4, -0.2) is 22.4 Å². The maximum Gasteiger partial charge on any atom is 0.258 e. The summed E-state index contributed by atoms with van der Waals surface area (Å²) in [6, 6.07) is 5.74. The van der Waals surface area contributed by atoms with E-state index >= 15 is 0 Å². The molecule has 25 heavy (non-hydrogen) atoms. The second kappa shape index (κ2) is 8.37. The van der Waals surface area contributed by atoms with E-state index < -0.39 is 5.82 Å². The number of aromatic nitrogens is 2. The largest absolute Gasteiger partial charge is 0.354 e. The quantitative estimate of drug-likeness (QED) is 0.775. The molecule has 0 saturated heterocycles. The van der Waals surface area contributed by atoms with Gasteiger partial charge in [0.1, 0.15) is 5.82 Å². The molecule has 5 nitrogen and oxygen atoms in total. The van der Waals surface area contributed by atoms with Gasteiger partial charge in [0.05, 0.1) is 5.56 Å². The third kappa shape index (κ3) is 5.11. The number of benzene rings is 1. The smallest absolute Gasteiger partial charge is 0.258 e. The number of anilines is 2. The third-order valence-corrected chi connectivity index (χ3v) is 4.11. The average molecular weight is 340 g/mol. The van der Waals surface area contributed by atoms with Crippen molar-refractivity contribution in [1.82, 2.24) is 9.97 Å². The molecule has 1 aliphatic rings. The summed E-state index contributed by atoms with van der Waals surface area (Å²) in [6.07, 6.45) is 11.2. The Morgan fingerprint density at radius 2 is 2.04 bits per heavy atom. The Labute approximate surface area is 146 Å². The van der Waals surface area contributed by atoms with E-state index in [2.05, 4.69) is 26.7 Å². The first-order chi connectivity index (χ1) is 12.2. The lowest BCUT2D eigenvalue weighted by molar-refractivity contribution is 0.102. The number of hydrogen-bond acceptors (Lipinski definition) is 4. The fourth-order valence-electron chi connectivity index (χ4n) is 2.77. The summed E-state index contributed by atoms with van der Waals surface area (Å²) in [5.74, 6) is -0.273. The van der Waals surface area contributed by atoms with Crippen molar-refractivity contribution < 1.29 is 9.18 Å². The van der Waals surface area contributed by atoms with Crippen molar-refractivity contribution >= 4 is 17.5 Å². The van der Waals surface area contributed by atoms with Crippen molar-refractivity contribution in [2.75, 3.05) is 17.2 Å². The second-order valence-electron chi connectivity index (χ2n) is 6.04. The van der Waals surface area contributed by atoms with Gasteiger partial charge in [-0.3, -0.25) is 4.79 Å². The first-order valence-electron chi connectivity index (χ1n) is 8.51. The van der Waals surface area contributed by atoms with Crippen LogP contribution in [0.3, 0.4) is 0 Å². The number of hydrogen-bond donors (Lipinski definition) is 2. The number of rotatable bonds is 6. The Bertz CT molecular complexity index is 758. The summed E-state index contributed by atoms with van der Waals surface area (Å²) in [4.78, 5) is 20.4. The molecule has 1 aromatic carbocycles. The maximum atomic E-state index is 13.1. The highest BCUT2D eigenvalue weighted by atomic mass is 19.1. The molecule has 2 aromatic rings. The summed E-state index contributed by atoms with van der Waals surface area (Å²) < 4.78 is 13.1. The van der Waals surface area contributed by atoms with Gasteiger partial charge in [-0.1, -0.05) is 17.7 Å². The van der Waals surface area contributed by atoms with Gasteiger partial charge >= 0.3 is 0 Å². The number of carbonyl (C=O) groups excluding carboxylic acids is 1. The van der Waals surface area contributed by atoms with Crippen LogP contribution in [0.4, 0.5) is 16.0 Å². The van der Waals surface area contributed by atoms with Gasteiger partial charge in [-0.05, 0) is 50.3 Å². The topological polar surface area (TPSA) is 66.9 Å². The third-order valence-electron chi connectivity index (χ3n) is 4.11. The summed E-state index contributed by atoms with van der Waals surface area (Å²) in [5.41, 5.74) is 2.21. The van der Waals surface area contributed by atoms with Crippen molar-refractivity contribution in [2.24, 2.45) is 0 Å². The minimum Gasteiger partial charge on any atom is -0.354 e. The number of amides is 1. The predicted octanol–water partition coefficient (Wildman–Crippen LogP) is 4.17. The van der Waals surface area contributed by atoms with Crippen LogP contribution in [0.15, 0.2) is 48.3 Å². The highest BCUT2D eigenvalue weighted by Gasteiger charge is 2.08. The van der Waals surface area contributed by atoms with Gasteiger partial charge in [-0.2, -0.15) is 0 Å². The maximum absolute atomic E-state index is 13.1. The molecule has 0 aliphatic heterocycles. The molecule has 130 valence electrons. The lowest BCUT2D eigenvalue weighted by Crippen LogP contribution is -2.14. The van der Waals surface area contributed by atoms with Crippen LogP contribution in [0.5, 0.6) is 0 Å². The zero-order valence-corrected chi connectivity index (χ0v) is 14.0. The number of halogens is 1. The van der Waals surface area contributed by atoms with Crippen molar-refractivity contribution in [1.29, 1.82) is 0 Å². The molecule has 0 fully saturated rings. The molecule has 0 spiro atoms. The molecule has 1 aliphatic carbocycles. The molecule has 0 atom stereocenters. The standard InChI is InChI=1S/C19H21FN4O/c20-16-7-4-8-17(11-16)24-18(25)15-12-22-19(23-13-15)21-10-9-14-5-2-1-3-6-14/h4-5,7-8,11-13H,1-3,6,9-10H2,(H,24,25)(H,21,22,23). The van der Waals surface area contributed by atoms with Gasteiger partial charge < -0.3 is 10.6 Å². The van der Waals surface area contributed by atoms with Gasteiger partial charge in [-0.25, -0.2) is 14.4 Å². The highest BCUT2D eigenvalue weighted by molar-refractivity contribution is 6.03. The van der Waals surface area contributed by atoms with Crippen LogP contribution in [0.1, 0.15) is 42.5 Å². The average Bonchev–Trinajstić information content (AvgIpc) is 2.63. The Morgan fingerprint density at radius 1 is 1.20 bits per heavy atom. The fraction of sp³-hybridized carbons (Fsp3) is 0.316. The van der Waals surface area contributed by atoms with Crippen LogP contribution in [0.2, 0.25) is 0 Å². The minimum atomic E-state index is -0.401. The van der Waals surface area contributed by atoms with Crippen LogP contribution in [0, 0.1) is 5.82 Å². The van der Waals surface area contributed by atoms with E-state index in [9.17, 15) is 9.18 Å². The Hall–Kier alpha value is -2.76. The summed E-state index contributed by atoms with van der Waals surface area (Å²) in [6.45, 7) is 0.778. The van der Waals surface area contributed by atoms with Crippen molar-refractivity contribution in [2.45, 2.75) is 32.1 Å². The molecule has 3 rings (SSSR count). The van der Waals surface area contributed by atoms with Crippen molar-refractivity contribution in [3.63, 3.8) is 0 Å². The van der Waals surface area contributed by atoms with Gasteiger partial charge in [0, 0.05) is 24.6 Å². The fourth-order valence-corrected chi connectivity index (χ4v) is 2.77. The molecule has 1 heterocycles. The van der Waals surface area contributed by atoms with E-state index in [4.69, 9.17) is 0 Å². The Kier molecular flexibility index (Phi) is 5.72. The van der Waals surface area contributed by atoms with Crippen molar-refractivity contribution in [3.05, 3.63) is 59.7 Å². The molecule has 1 aromatic heterocycles. The van der Waals surface area contributed by atoms with E-state index in [1.807, 2.05) is 0 Å². The van der Waals surface area contributed by atoms with E-state index in [1.165, 1.54) is 61.8 Å². The lowest BCUT2D eigenvalue weighted by atomic mass is 9.97. The molecule has 0 unspecified atom stereocenters. The first-order valence-corrected chi connectivity index (χ1v) is 8.51. The van der Waals surface area contributed by atoms with Crippen molar-refractivity contribution in [3.8, 4) is 0 Å². The number of nitrogens with one attached hydrogen (secondary N) is 2. The van der Waals surface area contributed by atoms with Gasteiger partial charge in [-0.15, -0.1) is 0 Å². The zero-order chi connectivity index (χ0) is 17.5. The van der Waals surface area contributed by atoms with Crippen LogP contribution < -0.4 is 10.6 Å². The molecular weight excluding hydrogens is 319 g/mol. The second-order valence-corrected chi connectivity index (χ2v) is 6.04. The van der Waals surface area contributed by atoms with E-state index in [0.29, 0.717) is 17.2 Å². The highest BCUT2D eigenvalue weighted by Crippen LogP contribution is 2.19. The molecule has 0 saturated carbocycles. The lowest BCUT2D eigenvalue weighted by Gasteiger charge is -2.12. The van der Waals surface area contributed by atoms with Crippen LogP contribution in [-0.2, 0) is 0 Å². The first kappa shape index (κ1) is 17.1. The monoisotopic (exact) mass is 340 g/mol. The van der Waals surface area contributed by atoms with E-state index in [1.54, 1.807) is 6.07 Å². The molecule has 0 bridgehead atoms. The molecule has 6 heteroatoms.